The van der Waals surface area contributed by atoms with Gasteiger partial charge in [0.05, 0.1) is 0 Å². The maximum Gasteiger partial charge on any atom is 0.127 e. The van der Waals surface area contributed by atoms with Gasteiger partial charge in [-0.3, -0.25) is 4.90 Å². The van der Waals surface area contributed by atoms with E-state index in [1.807, 2.05) is 6.07 Å². The number of rotatable bonds is 0. The van der Waals surface area contributed by atoms with E-state index in [9.17, 15) is 4.39 Å². The van der Waals surface area contributed by atoms with Gasteiger partial charge in [0.1, 0.15) is 5.82 Å². The standard InChI is InChI=1S/C13H18FN/c1-13(2,3)15-8-7-10-5-4-6-12(14)11(10)9-15/h4-6H,7-9H2,1-3H3. The van der Waals surface area contributed by atoms with Crippen molar-refractivity contribution in [2.24, 2.45) is 0 Å². The molecule has 2 heteroatoms. The van der Waals surface area contributed by atoms with E-state index in [1.54, 1.807) is 12.1 Å². The molecule has 0 spiro atoms. The van der Waals surface area contributed by atoms with Crippen molar-refractivity contribution < 1.29 is 4.39 Å². The lowest BCUT2D eigenvalue weighted by molar-refractivity contribution is 0.119. The molecule has 0 bridgehead atoms. The maximum absolute atomic E-state index is 13.6. The minimum Gasteiger partial charge on any atom is -0.294 e. The van der Waals surface area contributed by atoms with Crippen LogP contribution in [0.4, 0.5) is 4.39 Å². The molecule has 0 amide bonds. The molecule has 0 fully saturated rings. The van der Waals surface area contributed by atoms with E-state index in [4.69, 9.17) is 0 Å². The number of halogens is 1. The Bertz CT molecular complexity index is 365. The van der Waals surface area contributed by atoms with Gasteiger partial charge in [-0.15, -0.1) is 0 Å². The van der Waals surface area contributed by atoms with Gasteiger partial charge in [0.15, 0.2) is 0 Å². The van der Waals surface area contributed by atoms with E-state index in [-0.39, 0.29) is 11.4 Å². The maximum atomic E-state index is 13.6. The Morgan fingerprint density at radius 3 is 2.67 bits per heavy atom. The molecule has 0 unspecified atom stereocenters. The molecule has 1 aliphatic heterocycles. The minimum absolute atomic E-state index is 0.0542. The van der Waals surface area contributed by atoms with E-state index in [0.717, 1.165) is 25.1 Å². The van der Waals surface area contributed by atoms with E-state index in [2.05, 4.69) is 25.7 Å². The first-order valence-electron chi connectivity index (χ1n) is 5.50. The third kappa shape index (κ3) is 2.05. The Hall–Kier alpha value is -0.890. The third-order valence-corrected chi connectivity index (χ3v) is 3.16. The van der Waals surface area contributed by atoms with Crippen molar-refractivity contribution in [3.63, 3.8) is 0 Å². The molecule has 0 aromatic heterocycles. The van der Waals surface area contributed by atoms with Crippen LogP contribution in [0.1, 0.15) is 31.9 Å². The van der Waals surface area contributed by atoms with Crippen LogP contribution in [0, 0.1) is 5.82 Å². The van der Waals surface area contributed by atoms with Crippen molar-refractivity contribution in [2.45, 2.75) is 39.3 Å². The van der Waals surface area contributed by atoms with Gasteiger partial charge in [-0.25, -0.2) is 4.39 Å². The lowest BCUT2D eigenvalue weighted by Gasteiger charge is -2.39. The molecule has 0 radical (unpaired) electrons. The molecule has 0 N–H and O–H groups in total. The van der Waals surface area contributed by atoms with Crippen LogP contribution in [-0.2, 0) is 13.0 Å². The summed E-state index contributed by atoms with van der Waals surface area (Å²) in [5, 5.41) is 0. The summed E-state index contributed by atoms with van der Waals surface area (Å²) in [6.07, 6.45) is 0.963. The molecule has 1 aromatic rings. The van der Waals surface area contributed by atoms with Gasteiger partial charge in [-0.2, -0.15) is 0 Å². The summed E-state index contributed by atoms with van der Waals surface area (Å²) in [5.41, 5.74) is 2.19. The topological polar surface area (TPSA) is 3.24 Å². The van der Waals surface area contributed by atoms with Gasteiger partial charge in [0.2, 0.25) is 0 Å². The summed E-state index contributed by atoms with van der Waals surface area (Å²) in [6, 6.07) is 5.41. The molecule has 0 atom stereocenters. The zero-order valence-corrected chi connectivity index (χ0v) is 9.68. The smallest absolute Gasteiger partial charge is 0.127 e. The van der Waals surface area contributed by atoms with Crippen molar-refractivity contribution in [3.05, 3.63) is 35.1 Å². The number of hydrogen-bond acceptors (Lipinski definition) is 1. The average molecular weight is 207 g/mol. The lowest BCUT2D eigenvalue weighted by atomic mass is 9.95. The largest absolute Gasteiger partial charge is 0.294 e. The highest BCUT2D eigenvalue weighted by atomic mass is 19.1. The zero-order valence-electron chi connectivity index (χ0n) is 9.68. The van der Waals surface area contributed by atoms with Crippen LogP contribution in [0.25, 0.3) is 0 Å². The Kier molecular flexibility index (Phi) is 2.55. The van der Waals surface area contributed by atoms with Gasteiger partial charge in [-0.05, 0) is 38.8 Å². The summed E-state index contributed by atoms with van der Waals surface area (Å²) < 4.78 is 13.6. The van der Waals surface area contributed by atoms with Crippen molar-refractivity contribution in [1.82, 2.24) is 4.90 Å². The number of benzene rings is 1. The van der Waals surface area contributed by atoms with Crippen molar-refractivity contribution in [2.75, 3.05) is 6.54 Å². The van der Waals surface area contributed by atoms with Crippen LogP contribution in [0.15, 0.2) is 18.2 Å². The third-order valence-electron chi connectivity index (χ3n) is 3.16. The molecule has 1 heterocycles. The predicted molar refractivity (Wildman–Crippen MR) is 60.3 cm³/mol. The van der Waals surface area contributed by atoms with Gasteiger partial charge >= 0.3 is 0 Å². The molecule has 1 nitrogen and oxygen atoms in total. The first-order valence-corrected chi connectivity index (χ1v) is 5.50. The first-order chi connectivity index (χ1) is 6.98. The fourth-order valence-electron chi connectivity index (χ4n) is 2.11. The molecule has 2 rings (SSSR count). The van der Waals surface area contributed by atoms with Gasteiger partial charge in [0, 0.05) is 24.2 Å². The second-order valence-corrected chi connectivity index (χ2v) is 5.22. The van der Waals surface area contributed by atoms with Crippen LogP contribution in [-0.4, -0.2) is 17.0 Å². The summed E-state index contributed by atoms with van der Waals surface area (Å²) in [6.45, 7) is 8.31. The Balaban J connectivity index is 2.30. The van der Waals surface area contributed by atoms with Crippen LogP contribution >= 0.6 is 0 Å². The highest BCUT2D eigenvalue weighted by Crippen LogP contribution is 2.26. The highest BCUT2D eigenvalue weighted by Gasteiger charge is 2.26. The Labute approximate surface area is 90.9 Å². The fraction of sp³-hybridized carbons (Fsp3) is 0.538. The molecule has 15 heavy (non-hydrogen) atoms. The Morgan fingerprint density at radius 1 is 1.27 bits per heavy atom. The summed E-state index contributed by atoms with van der Waals surface area (Å²) in [5.74, 6) is -0.0542. The molecular weight excluding hydrogens is 189 g/mol. The number of hydrogen-bond donors (Lipinski definition) is 0. The van der Waals surface area contributed by atoms with E-state index >= 15 is 0 Å². The van der Waals surface area contributed by atoms with Gasteiger partial charge < -0.3 is 0 Å². The second-order valence-electron chi connectivity index (χ2n) is 5.22. The van der Waals surface area contributed by atoms with Crippen molar-refractivity contribution in [3.8, 4) is 0 Å². The quantitative estimate of drug-likeness (QED) is 0.632. The minimum atomic E-state index is -0.0542. The van der Waals surface area contributed by atoms with Gasteiger partial charge in [-0.1, -0.05) is 12.1 Å². The SMILES string of the molecule is CC(C)(C)N1CCc2cccc(F)c2C1. The van der Waals surface area contributed by atoms with Gasteiger partial charge in [0.25, 0.3) is 0 Å². The molecule has 82 valence electrons. The summed E-state index contributed by atoms with van der Waals surface area (Å²) in [4.78, 5) is 2.33. The second kappa shape index (κ2) is 3.60. The molecule has 1 aliphatic rings. The van der Waals surface area contributed by atoms with Crippen LogP contribution in [0.3, 0.4) is 0 Å². The predicted octanol–water partition coefficient (Wildman–Crippen LogP) is 2.98. The summed E-state index contributed by atoms with van der Waals surface area (Å²) in [7, 11) is 0. The van der Waals surface area contributed by atoms with E-state index < -0.39 is 0 Å². The Morgan fingerprint density at radius 2 is 2.00 bits per heavy atom. The average Bonchev–Trinajstić information content (AvgIpc) is 2.16. The van der Waals surface area contributed by atoms with E-state index in [0.29, 0.717) is 0 Å². The monoisotopic (exact) mass is 207 g/mol. The molecule has 0 saturated heterocycles. The number of fused-ring (bicyclic) bond motifs is 1. The normalized spacial score (nSPS) is 17.6. The molecule has 0 saturated carbocycles. The number of nitrogens with zero attached hydrogens (tertiary/aromatic N) is 1. The fourth-order valence-corrected chi connectivity index (χ4v) is 2.11. The zero-order chi connectivity index (χ0) is 11.1. The summed E-state index contributed by atoms with van der Waals surface area (Å²) >= 11 is 0. The van der Waals surface area contributed by atoms with Crippen LogP contribution in [0.2, 0.25) is 0 Å². The lowest BCUT2D eigenvalue weighted by Crippen LogP contribution is -2.44. The molecule has 0 aliphatic carbocycles. The van der Waals surface area contributed by atoms with Crippen molar-refractivity contribution in [1.29, 1.82) is 0 Å². The molecular formula is C13H18FN. The van der Waals surface area contributed by atoms with Crippen molar-refractivity contribution >= 4 is 0 Å². The van der Waals surface area contributed by atoms with E-state index in [1.165, 1.54) is 5.56 Å². The molecule has 1 aromatic carbocycles. The highest BCUT2D eigenvalue weighted by molar-refractivity contribution is 5.30. The van der Waals surface area contributed by atoms with Crippen LogP contribution < -0.4 is 0 Å². The van der Waals surface area contributed by atoms with Crippen LogP contribution in [0.5, 0.6) is 0 Å². The first kappa shape index (κ1) is 10.6.